The van der Waals surface area contributed by atoms with Gasteiger partial charge in [-0.2, -0.15) is 0 Å². The van der Waals surface area contributed by atoms with Crippen molar-refractivity contribution in [2.45, 2.75) is 32.7 Å². The first kappa shape index (κ1) is 15.5. The highest BCUT2D eigenvalue weighted by Crippen LogP contribution is 2.28. The lowest BCUT2D eigenvalue weighted by molar-refractivity contribution is 0.0698. The van der Waals surface area contributed by atoms with Crippen LogP contribution in [0.4, 0.5) is 0 Å². The average Bonchev–Trinajstić information content (AvgIpc) is 2.82. The number of aryl methyl sites for hydroxylation is 2. The standard InChI is InChI=1S/C16H23N3O2/c1-2-11-8-13-12(4-6-18)10-19(7-3-5-17)15(13)14(9-11)16(20)21/h8-10H,2-7,17-18H2,1H3,(H,20,21). The molecule has 0 amide bonds. The van der Waals surface area contributed by atoms with Gasteiger partial charge in [0.2, 0.25) is 0 Å². The number of fused-ring (bicyclic) bond motifs is 1. The number of benzene rings is 1. The van der Waals surface area contributed by atoms with E-state index >= 15 is 0 Å². The minimum Gasteiger partial charge on any atom is -0.478 e. The highest BCUT2D eigenvalue weighted by Gasteiger charge is 2.17. The van der Waals surface area contributed by atoms with Crippen LogP contribution in [-0.2, 0) is 19.4 Å². The van der Waals surface area contributed by atoms with Crippen LogP contribution < -0.4 is 11.5 Å². The molecule has 2 rings (SSSR count). The summed E-state index contributed by atoms with van der Waals surface area (Å²) in [7, 11) is 0. The third-order valence-corrected chi connectivity index (χ3v) is 3.77. The second-order valence-electron chi connectivity index (χ2n) is 5.23. The van der Waals surface area contributed by atoms with E-state index in [9.17, 15) is 9.90 Å². The molecule has 1 aromatic carbocycles. The summed E-state index contributed by atoms with van der Waals surface area (Å²) in [6.45, 7) is 3.89. The van der Waals surface area contributed by atoms with E-state index in [0.717, 1.165) is 47.8 Å². The van der Waals surface area contributed by atoms with Crippen molar-refractivity contribution < 1.29 is 9.90 Å². The molecule has 0 atom stereocenters. The summed E-state index contributed by atoms with van der Waals surface area (Å²) < 4.78 is 2.01. The van der Waals surface area contributed by atoms with Gasteiger partial charge in [0.25, 0.3) is 0 Å². The Bertz CT molecular complexity index is 646. The Morgan fingerprint density at radius 3 is 2.62 bits per heavy atom. The molecule has 0 aliphatic heterocycles. The average molecular weight is 289 g/mol. The number of aromatic carboxylic acids is 1. The molecule has 0 aliphatic carbocycles. The van der Waals surface area contributed by atoms with Crippen molar-refractivity contribution >= 4 is 16.9 Å². The van der Waals surface area contributed by atoms with Gasteiger partial charge in [-0.05, 0) is 55.6 Å². The van der Waals surface area contributed by atoms with Crippen LogP contribution in [0.3, 0.4) is 0 Å². The topological polar surface area (TPSA) is 94.3 Å². The quantitative estimate of drug-likeness (QED) is 0.723. The smallest absolute Gasteiger partial charge is 0.337 e. The molecule has 0 unspecified atom stereocenters. The molecule has 5 nitrogen and oxygen atoms in total. The number of carboxylic acid groups (broad SMARTS) is 1. The summed E-state index contributed by atoms with van der Waals surface area (Å²) in [5, 5.41) is 10.5. The molecule has 0 fully saturated rings. The van der Waals surface area contributed by atoms with Crippen molar-refractivity contribution in [1.82, 2.24) is 4.57 Å². The molecule has 114 valence electrons. The van der Waals surface area contributed by atoms with Crippen LogP contribution >= 0.6 is 0 Å². The first-order valence-electron chi connectivity index (χ1n) is 7.40. The van der Waals surface area contributed by atoms with Gasteiger partial charge in [-0.15, -0.1) is 0 Å². The molecule has 1 heterocycles. The number of rotatable bonds is 7. The van der Waals surface area contributed by atoms with Crippen LogP contribution in [0.15, 0.2) is 18.3 Å². The molecule has 21 heavy (non-hydrogen) atoms. The maximum Gasteiger partial charge on any atom is 0.337 e. The summed E-state index contributed by atoms with van der Waals surface area (Å²) in [4.78, 5) is 11.6. The molecule has 0 aliphatic rings. The Labute approximate surface area is 124 Å². The molecule has 2 aromatic rings. The fraction of sp³-hybridized carbons (Fsp3) is 0.438. The molecule has 0 saturated carbocycles. The first-order valence-corrected chi connectivity index (χ1v) is 7.40. The molecule has 0 radical (unpaired) electrons. The number of hydrogen-bond donors (Lipinski definition) is 3. The van der Waals surface area contributed by atoms with Gasteiger partial charge >= 0.3 is 5.97 Å². The Morgan fingerprint density at radius 1 is 1.29 bits per heavy atom. The zero-order valence-corrected chi connectivity index (χ0v) is 12.4. The molecule has 0 saturated heterocycles. The van der Waals surface area contributed by atoms with E-state index in [-0.39, 0.29) is 0 Å². The van der Waals surface area contributed by atoms with Gasteiger partial charge in [0.1, 0.15) is 0 Å². The van der Waals surface area contributed by atoms with Gasteiger partial charge in [0, 0.05) is 18.1 Å². The minimum absolute atomic E-state index is 0.365. The number of nitrogens with zero attached hydrogens (tertiary/aromatic N) is 1. The van der Waals surface area contributed by atoms with Crippen molar-refractivity contribution in [2.24, 2.45) is 11.5 Å². The normalized spacial score (nSPS) is 11.2. The predicted octanol–water partition coefficient (Wildman–Crippen LogP) is 1.75. The van der Waals surface area contributed by atoms with Crippen LogP contribution in [0.2, 0.25) is 0 Å². The van der Waals surface area contributed by atoms with E-state index in [0.29, 0.717) is 18.7 Å². The fourth-order valence-corrected chi connectivity index (χ4v) is 2.73. The van der Waals surface area contributed by atoms with Crippen LogP contribution in [0.5, 0.6) is 0 Å². The summed E-state index contributed by atoms with van der Waals surface area (Å²) in [5.74, 6) is -0.887. The molecule has 5 heteroatoms. The molecule has 5 N–H and O–H groups in total. The van der Waals surface area contributed by atoms with Gasteiger partial charge in [0.15, 0.2) is 0 Å². The SMILES string of the molecule is CCc1cc(C(=O)O)c2c(c1)c(CCN)cn2CCCN. The third-order valence-electron chi connectivity index (χ3n) is 3.77. The number of carboxylic acids is 1. The van der Waals surface area contributed by atoms with E-state index in [2.05, 4.69) is 6.07 Å². The first-order chi connectivity index (χ1) is 10.1. The monoisotopic (exact) mass is 289 g/mol. The van der Waals surface area contributed by atoms with Crippen LogP contribution in [-0.4, -0.2) is 28.7 Å². The lowest BCUT2D eigenvalue weighted by Crippen LogP contribution is -2.07. The largest absolute Gasteiger partial charge is 0.478 e. The van der Waals surface area contributed by atoms with Crippen LogP contribution in [0, 0.1) is 0 Å². The Hall–Kier alpha value is -1.85. The Kier molecular flexibility index (Phi) is 4.98. The van der Waals surface area contributed by atoms with Gasteiger partial charge < -0.3 is 21.1 Å². The van der Waals surface area contributed by atoms with E-state index in [4.69, 9.17) is 11.5 Å². The molecule has 0 bridgehead atoms. The lowest BCUT2D eigenvalue weighted by Gasteiger charge is -2.08. The van der Waals surface area contributed by atoms with Crippen molar-refractivity contribution in [3.05, 3.63) is 35.0 Å². The van der Waals surface area contributed by atoms with Crippen LogP contribution in [0.1, 0.15) is 34.8 Å². The predicted molar refractivity (Wildman–Crippen MR) is 84.7 cm³/mol. The summed E-state index contributed by atoms with van der Waals surface area (Å²) in [6, 6.07) is 3.86. The molecule has 0 spiro atoms. The van der Waals surface area contributed by atoms with E-state index in [1.54, 1.807) is 6.07 Å². The van der Waals surface area contributed by atoms with Gasteiger partial charge in [-0.3, -0.25) is 0 Å². The van der Waals surface area contributed by atoms with Crippen LogP contribution in [0.25, 0.3) is 10.9 Å². The van der Waals surface area contributed by atoms with Gasteiger partial charge in [-0.1, -0.05) is 6.92 Å². The van der Waals surface area contributed by atoms with Gasteiger partial charge in [-0.25, -0.2) is 4.79 Å². The fourth-order valence-electron chi connectivity index (χ4n) is 2.73. The number of nitrogens with two attached hydrogens (primary N) is 2. The van der Waals surface area contributed by atoms with E-state index < -0.39 is 5.97 Å². The van der Waals surface area contributed by atoms with Crippen molar-refractivity contribution in [3.8, 4) is 0 Å². The number of hydrogen-bond acceptors (Lipinski definition) is 3. The zero-order valence-electron chi connectivity index (χ0n) is 12.4. The van der Waals surface area contributed by atoms with E-state index in [1.165, 1.54) is 0 Å². The number of aromatic nitrogens is 1. The van der Waals surface area contributed by atoms with Gasteiger partial charge in [0.05, 0.1) is 11.1 Å². The second-order valence-corrected chi connectivity index (χ2v) is 5.23. The Morgan fingerprint density at radius 2 is 2.05 bits per heavy atom. The minimum atomic E-state index is -0.887. The van der Waals surface area contributed by atoms with Crippen molar-refractivity contribution in [2.75, 3.05) is 13.1 Å². The van der Waals surface area contributed by atoms with Crippen molar-refractivity contribution in [3.63, 3.8) is 0 Å². The maximum atomic E-state index is 11.6. The third kappa shape index (κ3) is 3.09. The highest BCUT2D eigenvalue weighted by molar-refractivity contribution is 6.04. The summed E-state index contributed by atoms with van der Waals surface area (Å²) in [5.41, 5.74) is 14.6. The molecular weight excluding hydrogens is 266 g/mol. The highest BCUT2D eigenvalue weighted by atomic mass is 16.4. The Balaban J connectivity index is 2.69. The second kappa shape index (κ2) is 6.74. The summed E-state index contributed by atoms with van der Waals surface area (Å²) in [6.07, 6.45) is 4.41. The molecular formula is C16H23N3O2. The summed E-state index contributed by atoms with van der Waals surface area (Å²) >= 11 is 0. The number of carbonyl (C=O) groups is 1. The van der Waals surface area contributed by atoms with Crippen molar-refractivity contribution in [1.29, 1.82) is 0 Å². The maximum absolute atomic E-state index is 11.6. The molecule has 1 aromatic heterocycles. The lowest BCUT2D eigenvalue weighted by atomic mass is 10.0. The zero-order chi connectivity index (χ0) is 15.4. The van der Waals surface area contributed by atoms with E-state index in [1.807, 2.05) is 17.7 Å².